The number of rotatable bonds is 3. The Bertz CT molecular complexity index is 2910. The van der Waals surface area contributed by atoms with E-state index in [1.165, 1.54) is 91.8 Å². The first kappa shape index (κ1) is 28.4. The quantitative estimate of drug-likeness (QED) is 0.181. The third-order valence-corrected chi connectivity index (χ3v) is 11.5. The van der Waals surface area contributed by atoms with Gasteiger partial charge in [0.1, 0.15) is 0 Å². The number of hydrogen-bond donors (Lipinski definition) is 0. The Hall–Kier alpha value is -5.64. The monoisotopic (exact) mass is 646 g/mol. The van der Waals surface area contributed by atoms with Crippen LogP contribution in [0.4, 0.5) is 0 Å². The fourth-order valence-electron chi connectivity index (χ4n) is 7.94. The van der Waals surface area contributed by atoms with Gasteiger partial charge >= 0.3 is 0 Å². The van der Waals surface area contributed by atoms with Crippen LogP contribution in [0.1, 0.15) is 26.3 Å². The minimum Gasteiger partial charge on any atom is -0.309 e. The van der Waals surface area contributed by atoms with Crippen LogP contribution in [-0.4, -0.2) is 9.13 Å². The smallest absolute Gasteiger partial charge is 0.0555 e. The number of benzene rings is 7. The molecule has 10 rings (SSSR count). The predicted molar refractivity (Wildman–Crippen MR) is 212 cm³/mol. The van der Waals surface area contributed by atoms with Crippen LogP contribution in [0.25, 0.3) is 86.3 Å². The molecule has 3 heteroatoms. The highest BCUT2D eigenvalue weighted by atomic mass is 32.1. The molecule has 0 N–H and O–H groups in total. The number of aromatic nitrogens is 2. The summed E-state index contributed by atoms with van der Waals surface area (Å²) in [6.45, 7) is 6.81. The highest BCUT2D eigenvalue weighted by Gasteiger charge is 2.20. The third kappa shape index (κ3) is 4.19. The van der Waals surface area contributed by atoms with E-state index in [1.807, 2.05) is 11.3 Å². The van der Waals surface area contributed by atoms with Crippen LogP contribution in [0.5, 0.6) is 0 Å². The molecule has 0 aliphatic heterocycles. The Labute approximate surface area is 289 Å². The highest BCUT2D eigenvalue weighted by molar-refractivity contribution is 7.26. The van der Waals surface area contributed by atoms with Crippen molar-refractivity contribution in [3.05, 3.63) is 157 Å². The van der Waals surface area contributed by atoms with Gasteiger partial charge < -0.3 is 9.13 Å². The van der Waals surface area contributed by atoms with E-state index in [-0.39, 0.29) is 5.41 Å². The maximum Gasteiger partial charge on any atom is 0.0555 e. The van der Waals surface area contributed by atoms with Crippen molar-refractivity contribution in [1.82, 2.24) is 9.13 Å². The van der Waals surface area contributed by atoms with Gasteiger partial charge in [-0.3, -0.25) is 0 Å². The normalized spacial score (nSPS) is 12.4. The number of fused-ring (bicyclic) bond motifs is 10. The van der Waals surface area contributed by atoms with Crippen molar-refractivity contribution in [2.45, 2.75) is 26.2 Å². The topological polar surface area (TPSA) is 9.86 Å². The van der Waals surface area contributed by atoms with E-state index in [4.69, 9.17) is 0 Å². The van der Waals surface area contributed by atoms with E-state index < -0.39 is 0 Å². The van der Waals surface area contributed by atoms with Gasteiger partial charge in [0.15, 0.2) is 0 Å². The summed E-state index contributed by atoms with van der Waals surface area (Å²) < 4.78 is 7.61. The molecule has 2 nitrogen and oxygen atoms in total. The van der Waals surface area contributed by atoms with Crippen molar-refractivity contribution in [3.63, 3.8) is 0 Å². The molecule has 0 fully saturated rings. The summed E-state index contributed by atoms with van der Waals surface area (Å²) in [5, 5.41) is 7.80. The van der Waals surface area contributed by atoms with Crippen LogP contribution in [0.3, 0.4) is 0 Å². The van der Waals surface area contributed by atoms with Gasteiger partial charge in [0.05, 0.1) is 27.8 Å². The second kappa shape index (κ2) is 10.4. The summed E-state index contributed by atoms with van der Waals surface area (Å²) in [5.74, 6) is 0. The van der Waals surface area contributed by atoms with E-state index in [2.05, 4.69) is 182 Å². The highest BCUT2D eigenvalue weighted by Crippen LogP contribution is 2.44. The van der Waals surface area contributed by atoms with Crippen LogP contribution >= 0.6 is 11.3 Å². The fraction of sp³-hybridized carbons (Fsp3) is 0.0870. The Kier molecular flexibility index (Phi) is 6.04. The minimum absolute atomic E-state index is 0.114. The maximum absolute atomic E-state index is 2.46. The average molecular weight is 647 g/mol. The first-order valence-corrected chi connectivity index (χ1v) is 17.8. The van der Waals surface area contributed by atoms with Gasteiger partial charge in [-0.1, -0.05) is 124 Å². The molecule has 3 heterocycles. The number of nitrogens with zero attached hydrogens (tertiary/aromatic N) is 2. The van der Waals surface area contributed by atoms with E-state index in [0.29, 0.717) is 0 Å². The zero-order valence-corrected chi connectivity index (χ0v) is 28.6. The van der Waals surface area contributed by atoms with Crippen LogP contribution in [0.15, 0.2) is 152 Å². The molecular formula is C46H34N2S. The first-order valence-electron chi connectivity index (χ1n) is 17.0. The molecule has 49 heavy (non-hydrogen) atoms. The lowest BCUT2D eigenvalue weighted by Gasteiger charge is -2.20. The van der Waals surface area contributed by atoms with Crippen LogP contribution in [-0.2, 0) is 5.41 Å². The van der Waals surface area contributed by atoms with E-state index in [1.54, 1.807) is 0 Å². The maximum atomic E-state index is 2.46. The van der Waals surface area contributed by atoms with E-state index in [9.17, 15) is 0 Å². The Morgan fingerprint density at radius 2 is 1.10 bits per heavy atom. The first-order chi connectivity index (χ1) is 24.0. The van der Waals surface area contributed by atoms with Gasteiger partial charge in [0.25, 0.3) is 0 Å². The van der Waals surface area contributed by atoms with E-state index >= 15 is 0 Å². The summed E-state index contributed by atoms with van der Waals surface area (Å²) in [6.07, 6.45) is 0. The lowest BCUT2D eigenvalue weighted by atomic mass is 9.86. The zero-order valence-electron chi connectivity index (χ0n) is 27.7. The predicted octanol–water partition coefficient (Wildman–Crippen LogP) is 13.2. The molecule has 234 valence electrons. The second-order valence-corrected chi connectivity index (χ2v) is 15.2. The average Bonchev–Trinajstić information content (AvgIpc) is 3.79. The molecule has 0 saturated carbocycles. The fourth-order valence-corrected chi connectivity index (χ4v) is 9.19. The summed E-state index contributed by atoms with van der Waals surface area (Å²) in [7, 11) is 0. The van der Waals surface area contributed by atoms with Crippen molar-refractivity contribution < 1.29 is 0 Å². The largest absolute Gasteiger partial charge is 0.309 e. The van der Waals surface area contributed by atoms with E-state index in [0.717, 1.165) is 0 Å². The molecule has 0 aliphatic carbocycles. The van der Waals surface area contributed by atoms with Gasteiger partial charge in [-0.15, -0.1) is 11.3 Å². The summed E-state index contributed by atoms with van der Waals surface area (Å²) >= 11 is 1.90. The van der Waals surface area contributed by atoms with Crippen molar-refractivity contribution >= 4 is 75.1 Å². The van der Waals surface area contributed by atoms with Crippen molar-refractivity contribution in [2.75, 3.05) is 0 Å². The minimum atomic E-state index is 0.114. The van der Waals surface area contributed by atoms with Gasteiger partial charge in [-0.25, -0.2) is 0 Å². The molecule has 7 aromatic carbocycles. The van der Waals surface area contributed by atoms with Crippen LogP contribution in [0, 0.1) is 0 Å². The molecule has 3 aromatic heterocycles. The van der Waals surface area contributed by atoms with Gasteiger partial charge in [-0.05, 0) is 65.1 Å². The molecule has 0 atom stereocenters. The molecule has 10 aromatic rings. The van der Waals surface area contributed by atoms with Crippen molar-refractivity contribution in [1.29, 1.82) is 0 Å². The number of hydrogen-bond acceptors (Lipinski definition) is 1. The molecule has 0 amide bonds. The van der Waals surface area contributed by atoms with Crippen LogP contribution < -0.4 is 0 Å². The molecular weight excluding hydrogens is 613 g/mol. The molecule has 0 aliphatic rings. The Morgan fingerprint density at radius 3 is 1.90 bits per heavy atom. The standard InChI is InChI=1S/C46H34N2S/c1-46(2,3)30-22-20-29(21-23-30)32-12-4-8-16-38(32)48-39-17-9-5-13-33(39)37-28-31(24-26-41(37)48)47-40-18-10-6-15-36(40)44-42(47)27-25-35-34-14-7-11-19-43(34)49-45(35)44/h4-28H,1-3H3. The summed E-state index contributed by atoms with van der Waals surface area (Å²) in [4.78, 5) is 0. The van der Waals surface area contributed by atoms with Crippen molar-refractivity contribution in [2.24, 2.45) is 0 Å². The third-order valence-electron chi connectivity index (χ3n) is 10.3. The SMILES string of the molecule is CC(C)(C)c1ccc(-c2ccccc2-n2c3ccccc3c3cc(-n4c5ccccc5c5c6sc7ccccc7c6ccc54)ccc32)cc1. The molecule has 0 spiro atoms. The van der Waals surface area contributed by atoms with Gasteiger partial charge in [-0.2, -0.15) is 0 Å². The van der Waals surface area contributed by atoms with Crippen LogP contribution in [0.2, 0.25) is 0 Å². The Morgan fingerprint density at radius 1 is 0.469 bits per heavy atom. The summed E-state index contributed by atoms with van der Waals surface area (Å²) in [6, 6.07) is 56.1. The van der Waals surface area contributed by atoms with Crippen molar-refractivity contribution in [3.8, 4) is 22.5 Å². The lowest BCUT2D eigenvalue weighted by molar-refractivity contribution is 0.590. The number of para-hydroxylation sites is 3. The molecule has 0 unspecified atom stereocenters. The molecule has 0 bridgehead atoms. The molecule has 0 saturated heterocycles. The lowest BCUT2D eigenvalue weighted by Crippen LogP contribution is -2.10. The Balaban J connectivity index is 1.22. The summed E-state index contributed by atoms with van der Waals surface area (Å²) in [5.41, 5.74) is 11.2. The number of thiophene rings is 1. The molecule has 0 radical (unpaired) electrons. The van der Waals surface area contributed by atoms with Gasteiger partial charge in [0, 0.05) is 53.0 Å². The second-order valence-electron chi connectivity index (χ2n) is 14.2. The van der Waals surface area contributed by atoms with Gasteiger partial charge in [0.2, 0.25) is 0 Å². The zero-order chi connectivity index (χ0) is 32.9.